The van der Waals surface area contributed by atoms with Crippen molar-refractivity contribution in [2.24, 2.45) is 0 Å². The molecule has 0 saturated heterocycles. The Morgan fingerprint density at radius 1 is 1.14 bits per heavy atom. The number of benzene rings is 1. The lowest BCUT2D eigenvalue weighted by atomic mass is 10.1. The van der Waals surface area contributed by atoms with Crippen LogP contribution in [-0.4, -0.2) is 4.98 Å². The number of hydrogen-bond acceptors (Lipinski definition) is 1. The Balaban J connectivity index is 2.53. The second-order valence-electron chi connectivity index (χ2n) is 3.19. The van der Waals surface area contributed by atoms with Gasteiger partial charge < -0.3 is 0 Å². The number of aryl methyl sites for hydroxylation is 1. The number of hydrogen-bond donors (Lipinski definition) is 0. The molecule has 0 N–H and O–H groups in total. The van der Waals surface area contributed by atoms with E-state index in [1.165, 1.54) is 5.56 Å². The molecule has 1 heterocycles. The van der Waals surface area contributed by atoms with Crippen LogP contribution in [0.3, 0.4) is 0 Å². The van der Waals surface area contributed by atoms with E-state index in [9.17, 15) is 0 Å². The molecule has 0 saturated carbocycles. The molecule has 0 spiro atoms. The Morgan fingerprint density at radius 3 is 2.50 bits per heavy atom. The van der Waals surface area contributed by atoms with Gasteiger partial charge in [0.2, 0.25) is 0 Å². The Kier molecular flexibility index (Phi) is 2.64. The highest BCUT2D eigenvalue weighted by atomic mass is 79.9. The fourth-order valence-corrected chi connectivity index (χ4v) is 1.88. The summed E-state index contributed by atoms with van der Waals surface area (Å²) in [6, 6.07) is 12.3. The molecular weight excluding hydrogens is 238 g/mol. The molecule has 2 rings (SSSR count). The molecule has 2 heteroatoms. The first-order chi connectivity index (χ1) is 6.77. The minimum atomic E-state index is 1.02. The highest BCUT2D eigenvalue weighted by Gasteiger charge is 2.02. The highest BCUT2D eigenvalue weighted by Crippen LogP contribution is 2.22. The summed E-state index contributed by atoms with van der Waals surface area (Å²) in [4.78, 5) is 4.40. The molecule has 1 aromatic carbocycles. The van der Waals surface area contributed by atoms with Crippen molar-refractivity contribution in [3.63, 3.8) is 0 Å². The Hall–Kier alpha value is -1.15. The van der Waals surface area contributed by atoms with E-state index in [-0.39, 0.29) is 0 Å². The fraction of sp³-hybridized carbons (Fsp3) is 0.0833. The first-order valence-corrected chi connectivity index (χ1v) is 5.24. The van der Waals surface area contributed by atoms with E-state index in [1.807, 2.05) is 24.4 Å². The summed E-state index contributed by atoms with van der Waals surface area (Å²) in [5.74, 6) is 0. The van der Waals surface area contributed by atoms with E-state index >= 15 is 0 Å². The van der Waals surface area contributed by atoms with Gasteiger partial charge in [-0.1, -0.05) is 30.3 Å². The average molecular weight is 248 g/mol. The zero-order valence-electron chi connectivity index (χ0n) is 7.87. The van der Waals surface area contributed by atoms with Crippen LogP contribution in [-0.2, 0) is 0 Å². The molecule has 0 atom stereocenters. The van der Waals surface area contributed by atoms with Gasteiger partial charge in [-0.2, -0.15) is 0 Å². The number of nitrogens with zero attached hydrogens (tertiary/aromatic N) is 1. The fourth-order valence-electron chi connectivity index (χ4n) is 1.44. The van der Waals surface area contributed by atoms with Gasteiger partial charge in [-0.05, 0) is 34.5 Å². The first kappa shape index (κ1) is 9.41. The van der Waals surface area contributed by atoms with E-state index in [2.05, 4.69) is 46.0 Å². The van der Waals surface area contributed by atoms with Crippen LogP contribution in [0.5, 0.6) is 0 Å². The minimum Gasteiger partial charge on any atom is -0.255 e. The lowest BCUT2D eigenvalue weighted by molar-refractivity contribution is 1.25. The van der Waals surface area contributed by atoms with Gasteiger partial charge in [0.25, 0.3) is 0 Å². The van der Waals surface area contributed by atoms with Crippen LogP contribution in [0.15, 0.2) is 47.1 Å². The number of rotatable bonds is 1. The number of halogens is 1. The van der Waals surface area contributed by atoms with Gasteiger partial charge in [0.15, 0.2) is 0 Å². The van der Waals surface area contributed by atoms with Crippen LogP contribution in [0.1, 0.15) is 5.56 Å². The molecule has 0 bridgehead atoms. The predicted molar refractivity (Wildman–Crippen MR) is 62.1 cm³/mol. The van der Waals surface area contributed by atoms with Crippen LogP contribution >= 0.6 is 15.9 Å². The summed E-state index contributed by atoms with van der Waals surface area (Å²) in [6.07, 6.45) is 1.83. The van der Waals surface area contributed by atoms with Crippen LogP contribution in [0.2, 0.25) is 0 Å². The van der Waals surface area contributed by atoms with Crippen molar-refractivity contribution >= 4 is 15.9 Å². The Bertz CT molecular complexity index is 437. The Morgan fingerprint density at radius 2 is 1.86 bits per heavy atom. The maximum Gasteiger partial charge on any atom is 0.0731 e. The van der Waals surface area contributed by atoms with Gasteiger partial charge in [0.05, 0.1) is 5.69 Å². The largest absolute Gasteiger partial charge is 0.255 e. The summed E-state index contributed by atoms with van der Waals surface area (Å²) < 4.78 is 1.02. The lowest BCUT2D eigenvalue weighted by Gasteiger charge is -2.04. The van der Waals surface area contributed by atoms with Gasteiger partial charge in [-0.3, -0.25) is 4.98 Å². The standard InChI is InChI=1S/C12H10BrN/c1-9-7-11(13)8-14-12(9)10-5-3-2-4-6-10/h2-8H,1H3. The van der Waals surface area contributed by atoms with Gasteiger partial charge >= 0.3 is 0 Å². The molecule has 1 aromatic heterocycles. The summed E-state index contributed by atoms with van der Waals surface area (Å²) in [6.45, 7) is 2.07. The van der Waals surface area contributed by atoms with Crippen LogP contribution in [0, 0.1) is 6.92 Å². The van der Waals surface area contributed by atoms with Crippen LogP contribution in [0.25, 0.3) is 11.3 Å². The molecule has 0 aliphatic heterocycles. The van der Waals surface area contributed by atoms with Gasteiger partial charge in [0.1, 0.15) is 0 Å². The van der Waals surface area contributed by atoms with Crippen molar-refractivity contribution < 1.29 is 0 Å². The molecule has 0 fully saturated rings. The first-order valence-electron chi connectivity index (χ1n) is 4.45. The second kappa shape index (κ2) is 3.93. The third kappa shape index (κ3) is 1.85. The van der Waals surface area contributed by atoms with Gasteiger partial charge in [-0.15, -0.1) is 0 Å². The van der Waals surface area contributed by atoms with Crippen LogP contribution < -0.4 is 0 Å². The van der Waals surface area contributed by atoms with E-state index in [0.717, 1.165) is 15.7 Å². The molecule has 1 nitrogen and oxygen atoms in total. The molecule has 0 radical (unpaired) electrons. The Labute approximate surface area is 91.9 Å². The summed E-state index contributed by atoms with van der Waals surface area (Å²) in [5.41, 5.74) is 3.40. The number of pyridine rings is 1. The van der Waals surface area contributed by atoms with Crippen molar-refractivity contribution in [2.75, 3.05) is 0 Å². The van der Waals surface area contributed by atoms with Crippen molar-refractivity contribution in [1.29, 1.82) is 0 Å². The van der Waals surface area contributed by atoms with Crippen molar-refractivity contribution in [3.8, 4) is 11.3 Å². The highest BCUT2D eigenvalue weighted by molar-refractivity contribution is 9.10. The average Bonchev–Trinajstić information content (AvgIpc) is 2.19. The zero-order chi connectivity index (χ0) is 9.97. The van der Waals surface area contributed by atoms with E-state index in [4.69, 9.17) is 0 Å². The third-order valence-electron chi connectivity index (χ3n) is 2.09. The van der Waals surface area contributed by atoms with Crippen LogP contribution in [0.4, 0.5) is 0 Å². The lowest BCUT2D eigenvalue weighted by Crippen LogP contribution is -1.87. The molecule has 2 aromatic rings. The summed E-state index contributed by atoms with van der Waals surface area (Å²) in [7, 11) is 0. The smallest absolute Gasteiger partial charge is 0.0731 e. The van der Waals surface area contributed by atoms with Crippen molar-refractivity contribution in [1.82, 2.24) is 4.98 Å². The third-order valence-corrected chi connectivity index (χ3v) is 2.53. The second-order valence-corrected chi connectivity index (χ2v) is 4.10. The van der Waals surface area contributed by atoms with E-state index < -0.39 is 0 Å². The maximum absolute atomic E-state index is 4.40. The number of aromatic nitrogens is 1. The molecule has 14 heavy (non-hydrogen) atoms. The molecule has 0 unspecified atom stereocenters. The topological polar surface area (TPSA) is 12.9 Å². The minimum absolute atomic E-state index is 1.02. The summed E-state index contributed by atoms with van der Waals surface area (Å²) in [5, 5.41) is 0. The predicted octanol–water partition coefficient (Wildman–Crippen LogP) is 3.82. The van der Waals surface area contributed by atoms with E-state index in [0.29, 0.717) is 0 Å². The van der Waals surface area contributed by atoms with Gasteiger partial charge in [-0.25, -0.2) is 0 Å². The molecule has 0 aliphatic rings. The van der Waals surface area contributed by atoms with Crippen molar-refractivity contribution in [2.45, 2.75) is 6.92 Å². The molecular formula is C12H10BrN. The maximum atomic E-state index is 4.40. The molecule has 70 valence electrons. The monoisotopic (exact) mass is 247 g/mol. The zero-order valence-corrected chi connectivity index (χ0v) is 9.45. The van der Waals surface area contributed by atoms with Crippen molar-refractivity contribution in [3.05, 3.63) is 52.6 Å². The SMILES string of the molecule is Cc1cc(Br)cnc1-c1ccccc1. The molecule has 0 aliphatic carbocycles. The van der Waals surface area contributed by atoms with E-state index in [1.54, 1.807) is 0 Å². The van der Waals surface area contributed by atoms with Gasteiger partial charge in [0, 0.05) is 16.2 Å². The normalized spacial score (nSPS) is 10.1. The summed E-state index contributed by atoms with van der Waals surface area (Å²) >= 11 is 3.41. The quantitative estimate of drug-likeness (QED) is 0.747. The molecule has 0 amide bonds.